The van der Waals surface area contributed by atoms with Crippen molar-refractivity contribution in [2.24, 2.45) is 0 Å². The Hall–Kier alpha value is -2.67. The summed E-state index contributed by atoms with van der Waals surface area (Å²) in [5.74, 6) is 1.11. The van der Waals surface area contributed by atoms with Gasteiger partial charge in [0.2, 0.25) is 5.91 Å². The number of rotatable bonds is 6. The molecule has 1 aromatic carbocycles. The fourth-order valence-corrected chi connectivity index (χ4v) is 3.33. The lowest BCUT2D eigenvalue weighted by Gasteiger charge is -2.16. The van der Waals surface area contributed by atoms with E-state index in [1.165, 1.54) is 11.8 Å². The van der Waals surface area contributed by atoms with Crippen molar-refractivity contribution in [3.8, 4) is 11.4 Å². The van der Waals surface area contributed by atoms with E-state index in [9.17, 15) is 4.79 Å². The second-order valence-corrected chi connectivity index (χ2v) is 6.31. The maximum absolute atomic E-state index is 12.4. The summed E-state index contributed by atoms with van der Waals surface area (Å²) in [5, 5.41) is 9.27. The van der Waals surface area contributed by atoms with Gasteiger partial charge < -0.3 is 9.47 Å². The highest BCUT2D eigenvalue weighted by atomic mass is 32.2. The standard InChI is InChI=1S/C18H19N5OS/c1-3-23-17(14-9-11-19-12-10-14)20-21-18(23)25-13-16(24)22(2)15-7-5-4-6-8-15/h4-12H,3,13H2,1-2H3. The Morgan fingerprint density at radius 2 is 1.84 bits per heavy atom. The van der Waals surface area contributed by atoms with Crippen LogP contribution in [0.2, 0.25) is 0 Å². The van der Waals surface area contributed by atoms with Gasteiger partial charge in [-0.1, -0.05) is 30.0 Å². The van der Waals surface area contributed by atoms with Crippen LogP contribution in [0.3, 0.4) is 0 Å². The minimum absolute atomic E-state index is 0.0207. The van der Waals surface area contributed by atoms with Gasteiger partial charge in [0.05, 0.1) is 5.75 Å². The third kappa shape index (κ3) is 3.88. The zero-order valence-electron chi connectivity index (χ0n) is 14.2. The van der Waals surface area contributed by atoms with Gasteiger partial charge in [0.1, 0.15) is 0 Å². The molecule has 0 saturated heterocycles. The number of nitrogens with zero attached hydrogens (tertiary/aromatic N) is 5. The Labute approximate surface area is 150 Å². The Balaban J connectivity index is 1.71. The largest absolute Gasteiger partial charge is 0.315 e. The summed E-state index contributed by atoms with van der Waals surface area (Å²) < 4.78 is 2.01. The Morgan fingerprint density at radius 1 is 1.12 bits per heavy atom. The maximum atomic E-state index is 12.4. The zero-order valence-corrected chi connectivity index (χ0v) is 15.0. The minimum Gasteiger partial charge on any atom is -0.315 e. The van der Waals surface area contributed by atoms with Crippen LogP contribution in [0.1, 0.15) is 6.92 Å². The normalized spacial score (nSPS) is 10.6. The van der Waals surface area contributed by atoms with Crippen LogP contribution in [0, 0.1) is 0 Å². The molecule has 2 heterocycles. The lowest BCUT2D eigenvalue weighted by molar-refractivity contribution is -0.115. The highest BCUT2D eigenvalue weighted by Crippen LogP contribution is 2.24. The first-order valence-corrected chi connectivity index (χ1v) is 8.97. The van der Waals surface area contributed by atoms with E-state index < -0.39 is 0 Å². The number of carbonyl (C=O) groups excluding carboxylic acids is 1. The van der Waals surface area contributed by atoms with Crippen LogP contribution in [0.25, 0.3) is 11.4 Å². The van der Waals surface area contributed by atoms with Crippen molar-refractivity contribution in [3.63, 3.8) is 0 Å². The molecule has 0 fully saturated rings. The van der Waals surface area contributed by atoms with Crippen LogP contribution in [0.5, 0.6) is 0 Å². The highest BCUT2D eigenvalue weighted by Gasteiger charge is 2.16. The first-order valence-electron chi connectivity index (χ1n) is 7.98. The molecule has 0 unspecified atom stereocenters. The van der Waals surface area contributed by atoms with Crippen molar-refractivity contribution in [3.05, 3.63) is 54.9 Å². The molecule has 0 saturated carbocycles. The van der Waals surface area contributed by atoms with Gasteiger partial charge in [0.15, 0.2) is 11.0 Å². The van der Waals surface area contributed by atoms with Crippen molar-refractivity contribution in [1.29, 1.82) is 0 Å². The lowest BCUT2D eigenvalue weighted by atomic mass is 10.2. The van der Waals surface area contributed by atoms with Gasteiger partial charge in [-0.3, -0.25) is 9.78 Å². The number of pyridine rings is 1. The fourth-order valence-electron chi connectivity index (χ4n) is 2.41. The number of hydrogen-bond acceptors (Lipinski definition) is 5. The van der Waals surface area contributed by atoms with Gasteiger partial charge in [0.25, 0.3) is 0 Å². The fraction of sp³-hybridized carbons (Fsp3) is 0.222. The molecular weight excluding hydrogens is 334 g/mol. The maximum Gasteiger partial charge on any atom is 0.237 e. The molecule has 0 aliphatic carbocycles. The van der Waals surface area contributed by atoms with Crippen molar-refractivity contribution in [2.75, 3.05) is 17.7 Å². The Bertz CT molecular complexity index is 835. The molecule has 1 amide bonds. The second-order valence-electron chi connectivity index (χ2n) is 5.36. The molecule has 0 N–H and O–H groups in total. The average Bonchev–Trinajstić information content (AvgIpc) is 3.09. The van der Waals surface area contributed by atoms with Gasteiger partial charge in [-0.25, -0.2) is 0 Å². The van der Waals surface area contributed by atoms with E-state index in [0.717, 1.165) is 28.8 Å². The van der Waals surface area contributed by atoms with Gasteiger partial charge in [-0.2, -0.15) is 0 Å². The van der Waals surface area contributed by atoms with E-state index >= 15 is 0 Å². The van der Waals surface area contributed by atoms with Crippen LogP contribution in [0.4, 0.5) is 5.69 Å². The number of hydrogen-bond donors (Lipinski definition) is 0. The number of aromatic nitrogens is 4. The van der Waals surface area contributed by atoms with E-state index in [0.29, 0.717) is 5.75 Å². The molecule has 2 aromatic heterocycles. The molecular formula is C18H19N5OS. The molecule has 3 rings (SSSR count). The number of para-hydroxylation sites is 1. The molecule has 7 heteroatoms. The van der Waals surface area contributed by atoms with Gasteiger partial charge in [-0.15, -0.1) is 10.2 Å². The predicted octanol–water partition coefficient (Wildman–Crippen LogP) is 3.12. The zero-order chi connectivity index (χ0) is 17.6. The second kappa shape index (κ2) is 7.94. The van der Waals surface area contributed by atoms with Crippen molar-refractivity contribution < 1.29 is 4.79 Å². The molecule has 0 radical (unpaired) electrons. The van der Waals surface area contributed by atoms with Crippen LogP contribution >= 0.6 is 11.8 Å². The SMILES string of the molecule is CCn1c(SCC(=O)N(C)c2ccccc2)nnc1-c1ccncc1. The third-order valence-corrected chi connectivity index (χ3v) is 4.77. The smallest absolute Gasteiger partial charge is 0.237 e. The van der Waals surface area contributed by atoms with E-state index in [4.69, 9.17) is 0 Å². The minimum atomic E-state index is 0.0207. The first kappa shape index (κ1) is 17.2. The topological polar surface area (TPSA) is 63.9 Å². The summed E-state index contributed by atoms with van der Waals surface area (Å²) in [6, 6.07) is 13.4. The van der Waals surface area contributed by atoms with Gasteiger partial charge in [0, 0.05) is 37.2 Å². The quantitative estimate of drug-likeness (QED) is 0.637. The Morgan fingerprint density at radius 3 is 2.52 bits per heavy atom. The van der Waals surface area contributed by atoms with E-state index in [-0.39, 0.29) is 5.91 Å². The average molecular weight is 353 g/mol. The van der Waals surface area contributed by atoms with Crippen LogP contribution in [-0.4, -0.2) is 38.5 Å². The van der Waals surface area contributed by atoms with E-state index in [2.05, 4.69) is 15.2 Å². The lowest BCUT2D eigenvalue weighted by Crippen LogP contribution is -2.27. The van der Waals surface area contributed by atoms with Crippen LogP contribution in [0.15, 0.2) is 60.0 Å². The molecule has 0 aliphatic heterocycles. The molecule has 0 atom stereocenters. The molecule has 0 bridgehead atoms. The molecule has 0 spiro atoms. The van der Waals surface area contributed by atoms with Gasteiger partial charge in [-0.05, 0) is 31.2 Å². The molecule has 0 aliphatic rings. The summed E-state index contributed by atoms with van der Waals surface area (Å²) in [5.41, 5.74) is 1.84. The number of benzene rings is 1. The third-order valence-electron chi connectivity index (χ3n) is 3.81. The molecule has 3 aromatic rings. The molecule has 25 heavy (non-hydrogen) atoms. The number of carbonyl (C=O) groups is 1. The number of amides is 1. The van der Waals surface area contributed by atoms with E-state index in [1.807, 2.05) is 54.0 Å². The number of thioether (sulfide) groups is 1. The van der Waals surface area contributed by atoms with Crippen molar-refractivity contribution in [2.45, 2.75) is 18.6 Å². The highest BCUT2D eigenvalue weighted by molar-refractivity contribution is 7.99. The summed E-state index contributed by atoms with van der Waals surface area (Å²) in [6.07, 6.45) is 3.46. The van der Waals surface area contributed by atoms with Crippen LogP contribution in [-0.2, 0) is 11.3 Å². The molecule has 128 valence electrons. The summed E-state index contributed by atoms with van der Waals surface area (Å²) in [7, 11) is 1.78. The number of anilines is 1. The summed E-state index contributed by atoms with van der Waals surface area (Å²) in [4.78, 5) is 18.1. The van der Waals surface area contributed by atoms with E-state index in [1.54, 1.807) is 24.3 Å². The summed E-state index contributed by atoms with van der Waals surface area (Å²) >= 11 is 1.40. The monoisotopic (exact) mass is 353 g/mol. The van der Waals surface area contributed by atoms with Crippen molar-refractivity contribution >= 4 is 23.4 Å². The van der Waals surface area contributed by atoms with Gasteiger partial charge >= 0.3 is 0 Å². The Kier molecular flexibility index (Phi) is 5.45. The molecule has 6 nitrogen and oxygen atoms in total. The first-order chi connectivity index (χ1) is 12.2. The van der Waals surface area contributed by atoms with Crippen LogP contribution < -0.4 is 4.90 Å². The predicted molar refractivity (Wildman–Crippen MR) is 99.5 cm³/mol. The summed E-state index contributed by atoms with van der Waals surface area (Å²) in [6.45, 7) is 2.77. The van der Waals surface area contributed by atoms with Crippen molar-refractivity contribution in [1.82, 2.24) is 19.7 Å².